The maximum atomic E-state index is 13.5. The number of nitrogens with zero attached hydrogens (tertiary/aromatic N) is 4. The minimum atomic E-state index is -4.79. The summed E-state index contributed by atoms with van der Waals surface area (Å²) in [6.45, 7) is 2.81. The Bertz CT molecular complexity index is 1470. The topological polar surface area (TPSA) is 159 Å². The molecule has 15 heteroatoms. The molecule has 0 aliphatic carbocycles. The molecule has 0 saturated heterocycles. The van der Waals surface area contributed by atoms with Crippen molar-refractivity contribution in [3.8, 4) is 11.3 Å². The molecule has 11 nitrogen and oxygen atoms in total. The Labute approximate surface area is 197 Å². The van der Waals surface area contributed by atoms with Gasteiger partial charge in [-0.25, -0.2) is 4.98 Å². The quantitative estimate of drug-likeness (QED) is 0.290. The van der Waals surface area contributed by atoms with E-state index < -0.39 is 34.6 Å². The fourth-order valence-corrected chi connectivity index (χ4v) is 4.49. The van der Waals surface area contributed by atoms with Crippen molar-refractivity contribution in [3.63, 3.8) is 0 Å². The minimum Gasteiger partial charge on any atom is -0.464 e. The molecule has 35 heavy (non-hydrogen) atoms. The number of amides is 2. The highest BCUT2D eigenvalue weighted by molar-refractivity contribution is 7.21. The van der Waals surface area contributed by atoms with E-state index in [0.29, 0.717) is 11.3 Å². The molecular weight excluding hydrogens is 493 g/mol. The van der Waals surface area contributed by atoms with E-state index >= 15 is 0 Å². The molecule has 4 aromatic rings. The van der Waals surface area contributed by atoms with E-state index in [1.807, 2.05) is 0 Å². The number of rotatable bonds is 6. The van der Waals surface area contributed by atoms with Crippen molar-refractivity contribution in [3.05, 3.63) is 57.0 Å². The highest BCUT2D eigenvalue weighted by atomic mass is 32.1. The minimum absolute atomic E-state index is 0.0236. The molecule has 1 unspecified atom stereocenters. The summed E-state index contributed by atoms with van der Waals surface area (Å²) in [4.78, 5) is 38.9. The lowest BCUT2D eigenvalue weighted by Crippen LogP contribution is -2.26. The van der Waals surface area contributed by atoms with Crippen LogP contribution in [0.5, 0.6) is 0 Å². The van der Waals surface area contributed by atoms with Crippen LogP contribution in [0.3, 0.4) is 0 Å². The smallest absolute Gasteiger partial charge is 0.433 e. The number of alkyl halides is 3. The Morgan fingerprint density at radius 1 is 1.37 bits per heavy atom. The van der Waals surface area contributed by atoms with E-state index in [9.17, 15) is 32.9 Å². The predicted molar refractivity (Wildman–Crippen MR) is 118 cm³/mol. The van der Waals surface area contributed by atoms with Gasteiger partial charge in [0.15, 0.2) is 0 Å². The second-order valence-electron chi connectivity index (χ2n) is 7.36. The Hall–Kier alpha value is -4.27. The molecule has 0 radical (unpaired) electrons. The molecule has 0 spiro atoms. The molecule has 0 saturated carbocycles. The number of carbonyl (C=O) groups excluding carboxylic acids is 2. The average Bonchev–Trinajstić information content (AvgIpc) is 3.51. The number of hydrogen-bond acceptors (Lipinski definition) is 8. The van der Waals surface area contributed by atoms with Crippen LogP contribution in [0.15, 0.2) is 35.1 Å². The molecule has 4 aromatic heterocycles. The number of halogens is 3. The van der Waals surface area contributed by atoms with Gasteiger partial charge in [-0.05, 0) is 32.0 Å². The highest BCUT2D eigenvalue weighted by Gasteiger charge is 2.36. The number of aromatic nitrogens is 3. The largest absolute Gasteiger partial charge is 0.464 e. The summed E-state index contributed by atoms with van der Waals surface area (Å²) in [5.41, 5.74) is 3.82. The van der Waals surface area contributed by atoms with Gasteiger partial charge in [0.25, 0.3) is 5.91 Å². The number of fused-ring (bicyclic) bond motifs is 1. The Kier molecular flexibility index (Phi) is 5.80. The van der Waals surface area contributed by atoms with Gasteiger partial charge < -0.3 is 15.5 Å². The number of anilines is 1. The lowest BCUT2D eigenvalue weighted by atomic mass is 10.1. The molecule has 3 N–H and O–H groups in total. The van der Waals surface area contributed by atoms with Crippen LogP contribution in [0, 0.1) is 17.0 Å². The molecule has 2 amide bonds. The lowest BCUT2D eigenvalue weighted by molar-refractivity contribution is -0.385. The number of primary amides is 1. The molecule has 0 aliphatic rings. The van der Waals surface area contributed by atoms with Crippen molar-refractivity contribution in [1.29, 1.82) is 0 Å². The van der Waals surface area contributed by atoms with E-state index in [0.717, 1.165) is 16.9 Å². The normalized spacial score (nSPS) is 12.6. The van der Waals surface area contributed by atoms with Gasteiger partial charge in [-0.15, -0.1) is 11.3 Å². The van der Waals surface area contributed by atoms with Crippen molar-refractivity contribution in [1.82, 2.24) is 14.8 Å². The zero-order chi connectivity index (χ0) is 25.7. The van der Waals surface area contributed by atoms with Gasteiger partial charge in [0.2, 0.25) is 5.91 Å². The number of nitrogens with two attached hydrogens (primary N) is 1. The summed E-state index contributed by atoms with van der Waals surface area (Å²) in [5.74, 6) is -1.71. The van der Waals surface area contributed by atoms with Crippen molar-refractivity contribution in [2.75, 3.05) is 5.32 Å². The molecule has 0 aliphatic heterocycles. The number of carbonyl (C=O) groups is 2. The van der Waals surface area contributed by atoms with Crippen LogP contribution in [-0.4, -0.2) is 31.5 Å². The molecule has 182 valence electrons. The van der Waals surface area contributed by atoms with Gasteiger partial charge in [0.05, 0.1) is 16.9 Å². The first-order valence-electron chi connectivity index (χ1n) is 9.78. The molecule has 1 atom stereocenters. The third kappa shape index (κ3) is 4.21. The van der Waals surface area contributed by atoms with Crippen molar-refractivity contribution in [2.24, 2.45) is 5.73 Å². The van der Waals surface area contributed by atoms with E-state index in [-0.39, 0.29) is 43.5 Å². The SMILES string of the molecule is Cc1c([N+](=O)[O-])cnn1C(C)C(=O)Nc1c(C(N)=O)sc2nc(C(F)(F)F)cc(-c3ccco3)c12. The van der Waals surface area contributed by atoms with Crippen LogP contribution in [0.4, 0.5) is 24.5 Å². The van der Waals surface area contributed by atoms with Crippen LogP contribution < -0.4 is 11.1 Å². The van der Waals surface area contributed by atoms with Gasteiger partial charge in [-0.2, -0.15) is 18.3 Å². The first-order valence-corrected chi connectivity index (χ1v) is 10.6. The Morgan fingerprint density at radius 3 is 2.63 bits per heavy atom. The predicted octanol–water partition coefficient (Wildman–Crippen LogP) is 4.29. The molecule has 4 rings (SSSR count). The van der Waals surface area contributed by atoms with Gasteiger partial charge in [0.1, 0.15) is 39.1 Å². The fraction of sp³-hybridized carbons (Fsp3) is 0.200. The van der Waals surface area contributed by atoms with Gasteiger partial charge >= 0.3 is 11.9 Å². The number of nitrogens with one attached hydrogen (secondary N) is 1. The molecule has 0 fully saturated rings. The first-order chi connectivity index (χ1) is 16.4. The zero-order valence-corrected chi connectivity index (χ0v) is 18.7. The van der Waals surface area contributed by atoms with Crippen molar-refractivity contribution in [2.45, 2.75) is 26.1 Å². The van der Waals surface area contributed by atoms with Crippen LogP contribution in [0.1, 0.15) is 34.0 Å². The zero-order valence-electron chi connectivity index (χ0n) is 17.9. The summed E-state index contributed by atoms with van der Waals surface area (Å²) in [5, 5.41) is 17.5. The number of furan rings is 1. The van der Waals surface area contributed by atoms with Crippen LogP contribution in [0.2, 0.25) is 0 Å². The standard InChI is InChI=1S/C20H15F3N6O5S/c1-8-11(29(32)33)7-25-28(8)9(2)18(31)27-15-14-10(12-4-3-5-34-12)6-13(20(21,22)23)26-19(14)35-16(15)17(24)30/h3-7,9H,1-2H3,(H2,24,30)(H,27,31). The number of thiophene rings is 1. The number of nitro groups is 1. The molecule has 4 heterocycles. The maximum absolute atomic E-state index is 13.5. The van der Waals surface area contributed by atoms with E-state index in [1.54, 1.807) is 0 Å². The van der Waals surface area contributed by atoms with Crippen molar-refractivity contribution >= 4 is 44.7 Å². The van der Waals surface area contributed by atoms with E-state index in [2.05, 4.69) is 15.4 Å². The molecule has 0 aromatic carbocycles. The third-order valence-electron chi connectivity index (χ3n) is 5.17. The Balaban J connectivity index is 1.87. The Morgan fingerprint density at radius 2 is 2.09 bits per heavy atom. The first kappa shape index (κ1) is 23.9. The van der Waals surface area contributed by atoms with E-state index in [4.69, 9.17) is 10.2 Å². The summed E-state index contributed by atoms with van der Waals surface area (Å²) < 4.78 is 46.9. The van der Waals surface area contributed by atoms with Gasteiger partial charge in [-0.3, -0.25) is 24.4 Å². The number of hydrogen-bond donors (Lipinski definition) is 2. The van der Waals surface area contributed by atoms with Gasteiger partial charge in [-0.1, -0.05) is 0 Å². The van der Waals surface area contributed by atoms with Crippen LogP contribution >= 0.6 is 11.3 Å². The molecular formula is C20H15F3N6O5S. The monoisotopic (exact) mass is 508 g/mol. The average molecular weight is 508 g/mol. The maximum Gasteiger partial charge on any atom is 0.433 e. The van der Waals surface area contributed by atoms with Crippen LogP contribution in [0.25, 0.3) is 21.5 Å². The summed E-state index contributed by atoms with van der Waals surface area (Å²) in [6.07, 6.45) is -2.55. The summed E-state index contributed by atoms with van der Waals surface area (Å²) in [7, 11) is 0. The summed E-state index contributed by atoms with van der Waals surface area (Å²) in [6, 6.07) is 2.54. The van der Waals surface area contributed by atoms with E-state index in [1.165, 1.54) is 32.2 Å². The second-order valence-corrected chi connectivity index (χ2v) is 8.36. The lowest BCUT2D eigenvalue weighted by Gasteiger charge is -2.15. The fourth-order valence-electron chi connectivity index (χ4n) is 3.49. The summed E-state index contributed by atoms with van der Waals surface area (Å²) >= 11 is 0.581. The number of pyridine rings is 1. The molecule has 0 bridgehead atoms. The third-order valence-corrected chi connectivity index (χ3v) is 6.27. The second kappa shape index (κ2) is 8.50. The highest BCUT2D eigenvalue weighted by Crippen LogP contribution is 2.44. The van der Waals surface area contributed by atoms with Gasteiger partial charge in [0, 0.05) is 10.9 Å². The van der Waals surface area contributed by atoms with Crippen molar-refractivity contribution < 1.29 is 32.1 Å². The van der Waals surface area contributed by atoms with Crippen LogP contribution in [-0.2, 0) is 11.0 Å².